The Labute approximate surface area is 112 Å². The Hall–Kier alpha value is -2.08. The summed E-state index contributed by atoms with van der Waals surface area (Å²) in [5.41, 5.74) is 5.95. The average molecular weight is 265 g/mol. The molecule has 0 aliphatic carbocycles. The molecule has 0 atom stereocenters. The third kappa shape index (κ3) is 4.97. The second-order valence-electron chi connectivity index (χ2n) is 3.83. The smallest absolute Gasteiger partial charge is 0.328 e. The fraction of sp³-hybridized carbons (Fsp3) is 0.385. The first kappa shape index (κ1) is 15.0. The number of nitrogens with one attached hydrogen (secondary N) is 1. The van der Waals surface area contributed by atoms with Crippen LogP contribution in [-0.4, -0.2) is 37.0 Å². The van der Waals surface area contributed by atoms with Crippen LogP contribution in [0.2, 0.25) is 0 Å². The van der Waals surface area contributed by atoms with Crippen LogP contribution in [-0.2, 0) is 4.79 Å². The molecule has 0 fully saturated rings. The first-order valence-corrected chi connectivity index (χ1v) is 6.17. The van der Waals surface area contributed by atoms with E-state index in [1.165, 1.54) is 0 Å². The van der Waals surface area contributed by atoms with Crippen LogP contribution >= 0.6 is 0 Å². The van der Waals surface area contributed by atoms with Crippen LogP contribution in [0.4, 0.5) is 10.5 Å². The summed E-state index contributed by atoms with van der Waals surface area (Å²) in [5, 5.41) is 2.63. The lowest BCUT2D eigenvalue weighted by Crippen LogP contribution is -2.35. The van der Waals surface area contributed by atoms with Crippen LogP contribution in [0.3, 0.4) is 0 Å². The minimum Gasteiger partial charge on any atom is -0.494 e. The van der Waals surface area contributed by atoms with Crippen molar-refractivity contribution < 1.29 is 14.3 Å². The van der Waals surface area contributed by atoms with Crippen molar-refractivity contribution in [2.75, 3.05) is 25.0 Å². The number of carbonyl (C=O) groups is 2. The van der Waals surface area contributed by atoms with E-state index in [4.69, 9.17) is 10.5 Å². The molecular weight excluding hydrogens is 246 g/mol. The molecule has 0 saturated heterocycles. The van der Waals surface area contributed by atoms with Crippen LogP contribution in [0.25, 0.3) is 0 Å². The van der Waals surface area contributed by atoms with Gasteiger partial charge in [-0.3, -0.25) is 9.69 Å². The van der Waals surface area contributed by atoms with E-state index in [9.17, 15) is 9.59 Å². The summed E-state index contributed by atoms with van der Waals surface area (Å²) in [7, 11) is 0. The van der Waals surface area contributed by atoms with Crippen LogP contribution in [0.15, 0.2) is 24.3 Å². The molecule has 1 aromatic carbocycles. The molecular formula is C13H19N3O3. The summed E-state index contributed by atoms with van der Waals surface area (Å²) < 4.78 is 5.29. The van der Waals surface area contributed by atoms with Gasteiger partial charge in [0.2, 0.25) is 6.41 Å². The van der Waals surface area contributed by atoms with E-state index < -0.39 is 6.03 Å². The van der Waals surface area contributed by atoms with Crippen molar-refractivity contribution in [2.45, 2.75) is 13.3 Å². The van der Waals surface area contributed by atoms with Gasteiger partial charge in [-0.15, -0.1) is 0 Å². The third-order valence-corrected chi connectivity index (χ3v) is 2.41. The molecule has 0 radical (unpaired) electrons. The summed E-state index contributed by atoms with van der Waals surface area (Å²) in [6.45, 7) is 3.22. The van der Waals surface area contributed by atoms with E-state index in [-0.39, 0.29) is 0 Å². The Kier molecular flexibility index (Phi) is 6.38. The molecule has 0 aliphatic heterocycles. The number of ether oxygens (including phenoxy) is 1. The zero-order valence-corrected chi connectivity index (χ0v) is 11.0. The van der Waals surface area contributed by atoms with E-state index >= 15 is 0 Å². The van der Waals surface area contributed by atoms with Gasteiger partial charge in [-0.2, -0.15) is 0 Å². The van der Waals surface area contributed by atoms with E-state index in [1.807, 2.05) is 6.92 Å². The molecule has 0 aromatic heterocycles. The highest BCUT2D eigenvalue weighted by atomic mass is 16.5. The molecule has 0 heterocycles. The molecule has 1 rings (SSSR count). The number of urea groups is 1. The van der Waals surface area contributed by atoms with Crippen molar-refractivity contribution in [3.05, 3.63) is 24.3 Å². The summed E-state index contributed by atoms with van der Waals surface area (Å²) >= 11 is 0. The lowest BCUT2D eigenvalue weighted by Gasteiger charge is -2.16. The highest BCUT2D eigenvalue weighted by Gasteiger charge is 2.11. The third-order valence-electron chi connectivity index (χ3n) is 2.41. The Morgan fingerprint density at radius 2 is 2.11 bits per heavy atom. The highest BCUT2D eigenvalue weighted by molar-refractivity contribution is 5.95. The number of nitrogens with two attached hydrogens (primary N) is 1. The van der Waals surface area contributed by atoms with Gasteiger partial charge in [0.05, 0.1) is 6.61 Å². The number of nitrogens with zero attached hydrogens (tertiary/aromatic N) is 1. The van der Waals surface area contributed by atoms with Gasteiger partial charge >= 0.3 is 6.03 Å². The molecule has 0 unspecified atom stereocenters. The van der Waals surface area contributed by atoms with Crippen molar-refractivity contribution in [2.24, 2.45) is 5.73 Å². The molecule has 6 nitrogen and oxygen atoms in total. The first-order chi connectivity index (χ1) is 9.21. The van der Waals surface area contributed by atoms with Crippen molar-refractivity contribution in [1.29, 1.82) is 0 Å². The fourth-order valence-corrected chi connectivity index (χ4v) is 1.46. The molecule has 19 heavy (non-hydrogen) atoms. The van der Waals surface area contributed by atoms with Gasteiger partial charge in [-0.25, -0.2) is 4.79 Å². The number of hydrogen-bond donors (Lipinski definition) is 2. The number of hydrogen-bond acceptors (Lipinski definition) is 4. The molecule has 3 N–H and O–H groups in total. The molecule has 0 saturated carbocycles. The van der Waals surface area contributed by atoms with Gasteiger partial charge in [0.15, 0.2) is 0 Å². The quantitative estimate of drug-likeness (QED) is 0.730. The van der Waals surface area contributed by atoms with Crippen molar-refractivity contribution in [1.82, 2.24) is 4.90 Å². The summed E-state index contributed by atoms with van der Waals surface area (Å²) in [6, 6.07) is 6.48. The number of amides is 3. The minimum atomic E-state index is -0.465. The number of anilines is 1. The molecule has 0 spiro atoms. The maximum atomic E-state index is 11.8. The molecule has 104 valence electrons. The Balaban J connectivity index is 2.57. The molecule has 0 aliphatic rings. The monoisotopic (exact) mass is 265 g/mol. The number of benzene rings is 1. The number of imide groups is 1. The Morgan fingerprint density at radius 1 is 1.42 bits per heavy atom. The number of carbonyl (C=O) groups excluding carboxylic acids is 2. The van der Waals surface area contributed by atoms with Crippen molar-refractivity contribution in [3.8, 4) is 5.75 Å². The van der Waals surface area contributed by atoms with Gasteiger partial charge in [0.1, 0.15) is 5.75 Å². The Morgan fingerprint density at radius 3 is 2.63 bits per heavy atom. The summed E-state index contributed by atoms with van der Waals surface area (Å²) in [6.07, 6.45) is 1.08. The van der Waals surface area contributed by atoms with Crippen molar-refractivity contribution in [3.63, 3.8) is 0 Å². The maximum absolute atomic E-state index is 11.8. The zero-order valence-electron chi connectivity index (χ0n) is 11.0. The predicted octanol–water partition coefficient (Wildman–Crippen LogP) is 1.42. The van der Waals surface area contributed by atoms with Crippen LogP contribution < -0.4 is 15.8 Å². The second-order valence-corrected chi connectivity index (χ2v) is 3.83. The van der Waals surface area contributed by atoms with E-state index in [2.05, 4.69) is 5.32 Å². The van der Waals surface area contributed by atoms with Crippen LogP contribution in [0.5, 0.6) is 5.75 Å². The topological polar surface area (TPSA) is 84.7 Å². The fourth-order valence-electron chi connectivity index (χ4n) is 1.46. The lowest BCUT2D eigenvalue weighted by atomic mass is 10.3. The average Bonchev–Trinajstić information content (AvgIpc) is 2.42. The number of rotatable bonds is 7. The van der Waals surface area contributed by atoms with E-state index in [1.54, 1.807) is 24.3 Å². The van der Waals surface area contributed by atoms with E-state index in [0.29, 0.717) is 38.2 Å². The Bertz CT molecular complexity index is 406. The minimum absolute atomic E-state index is 0.308. The normalized spacial score (nSPS) is 9.79. The maximum Gasteiger partial charge on any atom is 0.328 e. The van der Waals surface area contributed by atoms with Gasteiger partial charge < -0.3 is 15.8 Å². The highest BCUT2D eigenvalue weighted by Crippen LogP contribution is 2.15. The van der Waals surface area contributed by atoms with Crippen LogP contribution in [0.1, 0.15) is 13.3 Å². The largest absolute Gasteiger partial charge is 0.494 e. The zero-order chi connectivity index (χ0) is 14.1. The van der Waals surface area contributed by atoms with Gasteiger partial charge in [-0.1, -0.05) is 0 Å². The van der Waals surface area contributed by atoms with Crippen molar-refractivity contribution >= 4 is 18.1 Å². The van der Waals surface area contributed by atoms with Gasteiger partial charge in [0.25, 0.3) is 0 Å². The van der Waals surface area contributed by atoms with Crippen LogP contribution in [0, 0.1) is 0 Å². The lowest BCUT2D eigenvalue weighted by molar-refractivity contribution is -0.115. The second kappa shape index (κ2) is 8.10. The van der Waals surface area contributed by atoms with Gasteiger partial charge in [0, 0.05) is 12.2 Å². The standard InChI is InChI=1S/C13H19N3O3/c1-2-19-12-6-4-11(5-7-12)15-13(18)16(10-17)9-3-8-14/h4-7,10H,2-3,8-9,14H2,1H3,(H,15,18). The van der Waals surface area contributed by atoms with E-state index in [0.717, 1.165) is 10.6 Å². The SMILES string of the molecule is CCOc1ccc(NC(=O)N(C=O)CCCN)cc1. The summed E-state index contributed by atoms with van der Waals surface area (Å²) in [5.74, 6) is 0.732. The summed E-state index contributed by atoms with van der Waals surface area (Å²) in [4.78, 5) is 23.6. The first-order valence-electron chi connectivity index (χ1n) is 6.17. The molecule has 6 heteroatoms. The predicted molar refractivity (Wildman–Crippen MR) is 73.1 cm³/mol. The molecule has 1 aromatic rings. The molecule has 3 amide bonds. The molecule has 0 bridgehead atoms. The van der Waals surface area contributed by atoms with Gasteiger partial charge in [-0.05, 0) is 44.2 Å².